The predicted octanol–water partition coefficient (Wildman–Crippen LogP) is 1.84. The first kappa shape index (κ1) is 18.6. The summed E-state index contributed by atoms with van der Waals surface area (Å²) in [6.45, 7) is 4.59. The first-order valence-electron chi connectivity index (χ1n) is 9.56. The average molecular weight is 394 g/mol. The lowest BCUT2D eigenvalue weighted by molar-refractivity contribution is 0.0819. The highest BCUT2D eigenvalue weighted by Gasteiger charge is 2.34. The van der Waals surface area contributed by atoms with Crippen molar-refractivity contribution < 1.29 is 13.2 Å². The molecule has 27 heavy (non-hydrogen) atoms. The lowest BCUT2D eigenvalue weighted by Gasteiger charge is -2.34. The zero-order valence-corrected chi connectivity index (χ0v) is 16.7. The van der Waals surface area contributed by atoms with Crippen LogP contribution in [-0.4, -0.2) is 58.1 Å². The van der Waals surface area contributed by atoms with Gasteiger partial charge in [-0.3, -0.25) is 0 Å². The molecule has 9 heteroatoms. The normalized spacial score (nSPS) is 23.0. The van der Waals surface area contributed by atoms with Gasteiger partial charge in [0.15, 0.2) is 5.03 Å². The summed E-state index contributed by atoms with van der Waals surface area (Å²) in [5.74, 6) is 1.47. The zero-order chi connectivity index (χ0) is 19.0. The van der Waals surface area contributed by atoms with Crippen molar-refractivity contribution in [2.45, 2.75) is 49.6 Å². The largest absolute Gasteiger partial charge is 0.381 e. The van der Waals surface area contributed by atoms with Gasteiger partial charge in [-0.15, -0.1) is 0 Å². The molecule has 2 saturated heterocycles. The molecular weight excluding hydrogens is 366 g/mol. The van der Waals surface area contributed by atoms with E-state index in [1.165, 1.54) is 6.33 Å². The number of ether oxygens (including phenoxy) is 1. The first-order valence-corrected chi connectivity index (χ1v) is 11.0. The predicted molar refractivity (Wildman–Crippen MR) is 100.0 cm³/mol. The Morgan fingerprint density at radius 3 is 2.67 bits per heavy atom. The number of aryl methyl sites for hydroxylation is 2. The number of nitrogens with zero attached hydrogens (tertiary/aromatic N) is 5. The highest BCUT2D eigenvalue weighted by molar-refractivity contribution is 7.89. The summed E-state index contributed by atoms with van der Waals surface area (Å²) in [5, 5.41) is 0.123. The summed E-state index contributed by atoms with van der Waals surface area (Å²) in [4.78, 5) is 8.75. The van der Waals surface area contributed by atoms with E-state index >= 15 is 0 Å². The van der Waals surface area contributed by atoms with Gasteiger partial charge < -0.3 is 13.9 Å². The molecule has 4 rings (SSSR count). The van der Waals surface area contributed by atoms with Crippen LogP contribution in [0.3, 0.4) is 0 Å². The molecule has 2 aromatic heterocycles. The van der Waals surface area contributed by atoms with Gasteiger partial charge in [0, 0.05) is 63.4 Å². The Balaban J connectivity index is 1.60. The van der Waals surface area contributed by atoms with Crippen molar-refractivity contribution in [3.63, 3.8) is 0 Å². The monoisotopic (exact) mass is 393 g/mol. The van der Waals surface area contributed by atoms with Crippen LogP contribution in [0.25, 0.3) is 0 Å². The molecule has 0 N–H and O–H groups in total. The Bertz CT molecular complexity index is 898. The number of piperidine rings is 1. The van der Waals surface area contributed by atoms with E-state index in [9.17, 15) is 8.42 Å². The van der Waals surface area contributed by atoms with Crippen molar-refractivity contribution >= 4 is 10.0 Å². The standard InChI is InChI=1S/C18H27N5O3S/c1-14-10-19-18(15-5-8-26-9-6-15)23(14)16-4-3-7-22(11-16)27(24,25)17-12-21(2)13-20-17/h10,12-13,15-16H,3-9,11H2,1-2H3. The SMILES string of the molecule is Cc1cnc(C2CCOCC2)n1C1CCCN(S(=O)(=O)c2cn(C)cn2)C1. The minimum absolute atomic E-state index is 0.109. The number of hydrogen-bond donors (Lipinski definition) is 0. The van der Waals surface area contributed by atoms with Crippen molar-refractivity contribution in [1.82, 2.24) is 23.4 Å². The molecule has 0 saturated carbocycles. The third kappa shape index (κ3) is 3.55. The van der Waals surface area contributed by atoms with Crippen LogP contribution in [-0.2, 0) is 21.8 Å². The molecule has 2 aromatic rings. The van der Waals surface area contributed by atoms with Crippen molar-refractivity contribution in [2.24, 2.45) is 7.05 Å². The Labute approximate surface area is 160 Å². The minimum atomic E-state index is -3.57. The molecule has 148 valence electrons. The number of aromatic nitrogens is 4. The van der Waals surface area contributed by atoms with Gasteiger partial charge in [-0.1, -0.05) is 0 Å². The molecule has 0 radical (unpaired) electrons. The molecule has 1 unspecified atom stereocenters. The van der Waals surface area contributed by atoms with Crippen LogP contribution in [0.4, 0.5) is 0 Å². The topological polar surface area (TPSA) is 82.3 Å². The third-order valence-corrected chi connectivity index (χ3v) is 7.36. The van der Waals surface area contributed by atoms with E-state index in [0.29, 0.717) is 19.0 Å². The average Bonchev–Trinajstić information content (AvgIpc) is 3.29. The van der Waals surface area contributed by atoms with Crippen LogP contribution >= 0.6 is 0 Å². The van der Waals surface area contributed by atoms with Gasteiger partial charge in [0.05, 0.1) is 6.33 Å². The van der Waals surface area contributed by atoms with Crippen LogP contribution in [0.1, 0.15) is 49.2 Å². The van der Waals surface area contributed by atoms with Gasteiger partial charge >= 0.3 is 0 Å². The van der Waals surface area contributed by atoms with Gasteiger partial charge in [-0.25, -0.2) is 18.4 Å². The number of rotatable bonds is 4. The van der Waals surface area contributed by atoms with E-state index in [4.69, 9.17) is 4.74 Å². The minimum Gasteiger partial charge on any atom is -0.381 e. The molecule has 2 aliphatic rings. The van der Waals surface area contributed by atoms with E-state index in [1.807, 2.05) is 6.20 Å². The summed E-state index contributed by atoms with van der Waals surface area (Å²) in [5.41, 5.74) is 1.10. The summed E-state index contributed by atoms with van der Waals surface area (Å²) in [6.07, 6.45) is 8.74. The summed E-state index contributed by atoms with van der Waals surface area (Å²) in [7, 11) is -1.79. The molecule has 0 aliphatic carbocycles. The lowest BCUT2D eigenvalue weighted by Crippen LogP contribution is -2.41. The molecule has 2 fully saturated rings. The number of sulfonamides is 1. The van der Waals surface area contributed by atoms with E-state index < -0.39 is 10.0 Å². The highest BCUT2D eigenvalue weighted by atomic mass is 32.2. The highest BCUT2D eigenvalue weighted by Crippen LogP contribution is 2.33. The number of imidazole rings is 2. The fraction of sp³-hybridized carbons (Fsp3) is 0.667. The molecule has 0 aromatic carbocycles. The molecule has 1 atom stereocenters. The Morgan fingerprint density at radius 2 is 1.96 bits per heavy atom. The Hall–Kier alpha value is -1.71. The van der Waals surface area contributed by atoms with Gasteiger partial charge in [0.2, 0.25) is 0 Å². The van der Waals surface area contributed by atoms with E-state index in [0.717, 1.165) is 50.4 Å². The van der Waals surface area contributed by atoms with Crippen LogP contribution in [0, 0.1) is 6.92 Å². The molecule has 8 nitrogen and oxygen atoms in total. The first-order chi connectivity index (χ1) is 13.0. The van der Waals surface area contributed by atoms with Gasteiger partial charge in [-0.05, 0) is 32.6 Å². The van der Waals surface area contributed by atoms with Crippen LogP contribution in [0.15, 0.2) is 23.7 Å². The van der Waals surface area contributed by atoms with E-state index in [2.05, 4.69) is 21.5 Å². The Kier molecular flexibility index (Phi) is 5.09. The van der Waals surface area contributed by atoms with Crippen LogP contribution < -0.4 is 0 Å². The van der Waals surface area contributed by atoms with Crippen LogP contribution in [0.2, 0.25) is 0 Å². The number of hydrogen-bond acceptors (Lipinski definition) is 5. The second-order valence-corrected chi connectivity index (χ2v) is 9.44. The second kappa shape index (κ2) is 7.37. The van der Waals surface area contributed by atoms with Crippen LogP contribution in [0.5, 0.6) is 0 Å². The molecule has 0 spiro atoms. The maximum atomic E-state index is 13.0. The lowest BCUT2D eigenvalue weighted by atomic mass is 9.98. The van der Waals surface area contributed by atoms with Crippen molar-refractivity contribution in [3.8, 4) is 0 Å². The van der Waals surface area contributed by atoms with Gasteiger partial charge in [0.1, 0.15) is 5.82 Å². The fourth-order valence-electron chi connectivity index (χ4n) is 4.20. The van der Waals surface area contributed by atoms with Gasteiger partial charge in [0.25, 0.3) is 10.0 Å². The van der Waals surface area contributed by atoms with E-state index in [-0.39, 0.29) is 11.1 Å². The molecular formula is C18H27N5O3S. The maximum Gasteiger partial charge on any atom is 0.262 e. The zero-order valence-electron chi connectivity index (χ0n) is 15.9. The molecule has 2 aliphatic heterocycles. The smallest absolute Gasteiger partial charge is 0.262 e. The molecule has 0 bridgehead atoms. The van der Waals surface area contributed by atoms with Gasteiger partial charge in [-0.2, -0.15) is 4.31 Å². The quantitative estimate of drug-likeness (QED) is 0.792. The second-order valence-electron chi connectivity index (χ2n) is 7.55. The Morgan fingerprint density at radius 1 is 1.19 bits per heavy atom. The van der Waals surface area contributed by atoms with Crippen molar-refractivity contribution in [3.05, 3.63) is 30.2 Å². The summed E-state index contributed by atoms with van der Waals surface area (Å²) in [6, 6.07) is 0.109. The van der Waals surface area contributed by atoms with E-state index in [1.54, 1.807) is 22.1 Å². The fourth-order valence-corrected chi connectivity index (χ4v) is 5.68. The summed E-state index contributed by atoms with van der Waals surface area (Å²) < 4.78 is 37.0. The maximum absolute atomic E-state index is 13.0. The molecule has 0 amide bonds. The van der Waals surface area contributed by atoms with Crippen molar-refractivity contribution in [1.29, 1.82) is 0 Å². The summed E-state index contributed by atoms with van der Waals surface area (Å²) >= 11 is 0. The third-order valence-electron chi connectivity index (χ3n) is 5.61. The van der Waals surface area contributed by atoms with Crippen molar-refractivity contribution in [2.75, 3.05) is 26.3 Å². The molecule has 4 heterocycles.